The molecule has 1 aliphatic rings. The average molecular weight is 198 g/mol. The van der Waals surface area contributed by atoms with Crippen molar-refractivity contribution in [2.24, 2.45) is 5.41 Å². The number of nitrogens with one attached hydrogen (secondary N) is 1. The van der Waals surface area contributed by atoms with E-state index < -0.39 is 0 Å². The summed E-state index contributed by atoms with van der Waals surface area (Å²) in [5.41, 5.74) is -0.355. The quantitative estimate of drug-likeness (QED) is 0.774. The molecule has 5 heteroatoms. The third-order valence-electron chi connectivity index (χ3n) is 2.04. The maximum Gasteiger partial charge on any atom is 0.236 e. The number of hydrogen-bond donors (Lipinski definition) is 1. The van der Waals surface area contributed by atoms with Gasteiger partial charge in [-0.25, -0.2) is 4.98 Å². The molecule has 0 bridgehead atoms. The number of hydrogen-bond acceptors (Lipinski definition) is 4. The number of thiazole rings is 1. The monoisotopic (exact) mass is 198 g/mol. The van der Waals surface area contributed by atoms with Crippen LogP contribution in [0.1, 0.15) is 6.92 Å². The molecule has 13 heavy (non-hydrogen) atoms. The highest BCUT2D eigenvalue weighted by Gasteiger charge is 2.41. The molecule has 0 spiro atoms. The fourth-order valence-electron chi connectivity index (χ4n) is 1.07. The summed E-state index contributed by atoms with van der Waals surface area (Å²) in [6.45, 7) is 2.90. The lowest BCUT2D eigenvalue weighted by Crippen LogP contribution is -2.49. The summed E-state index contributed by atoms with van der Waals surface area (Å²) in [4.78, 5) is 15.6. The van der Waals surface area contributed by atoms with Gasteiger partial charge >= 0.3 is 0 Å². The molecule has 2 heterocycles. The van der Waals surface area contributed by atoms with E-state index in [2.05, 4.69) is 10.3 Å². The minimum atomic E-state index is -0.355. The van der Waals surface area contributed by atoms with Gasteiger partial charge in [0.1, 0.15) is 0 Å². The number of aromatic nitrogens is 1. The Morgan fingerprint density at radius 3 is 3.00 bits per heavy atom. The van der Waals surface area contributed by atoms with Gasteiger partial charge in [0.15, 0.2) is 5.13 Å². The maximum atomic E-state index is 11.6. The van der Waals surface area contributed by atoms with Gasteiger partial charge in [0.2, 0.25) is 5.91 Å². The third-order valence-corrected chi connectivity index (χ3v) is 2.73. The molecule has 1 aromatic rings. The Labute approximate surface area is 79.9 Å². The van der Waals surface area contributed by atoms with Crippen molar-refractivity contribution < 1.29 is 9.53 Å². The van der Waals surface area contributed by atoms with E-state index in [-0.39, 0.29) is 11.3 Å². The molecule has 1 aliphatic heterocycles. The number of anilines is 1. The zero-order valence-corrected chi connectivity index (χ0v) is 8.06. The molecular formula is C8H10N2O2S. The number of carbonyl (C=O) groups is 1. The van der Waals surface area contributed by atoms with Crippen LogP contribution >= 0.6 is 11.3 Å². The lowest BCUT2D eigenvalue weighted by atomic mass is 9.88. The molecule has 2 rings (SSSR count). The Balaban J connectivity index is 1.99. The van der Waals surface area contributed by atoms with Crippen LogP contribution in [0.3, 0.4) is 0 Å². The van der Waals surface area contributed by atoms with Gasteiger partial charge in [-0.1, -0.05) is 0 Å². The van der Waals surface area contributed by atoms with Crippen LogP contribution in [0.2, 0.25) is 0 Å². The molecule has 1 aromatic heterocycles. The molecule has 0 aromatic carbocycles. The first-order valence-corrected chi connectivity index (χ1v) is 4.87. The first-order valence-electron chi connectivity index (χ1n) is 3.99. The Morgan fingerprint density at radius 1 is 1.77 bits per heavy atom. The summed E-state index contributed by atoms with van der Waals surface area (Å²) in [5.74, 6) is -0.00583. The summed E-state index contributed by atoms with van der Waals surface area (Å²) in [7, 11) is 0. The molecule has 0 saturated carbocycles. The van der Waals surface area contributed by atoms with E-state index in [1.165, 1.54) is 11.3 Å². The highest BCUT2D eigenvalue weighted by atomic mass is 32.1. The second kappa shape index (κ2) is 3.08. The largest absolute Gasteiger partial charge is 0.379 e. The number of nitrogens with zero attached hydrogens (tertiary/aromatic N) is 1. The predicted molar refractivity (Wildman–Crippen MR) is 49.7 cm³/mol. The van der Waals surface area contributed by atoms with Crippen molar-refractivity contribution in [3.05, 3.63) is 11.6 Å². The Hall–Kier alpha value is -0.940. The number of carbonyl (C=O) groups excluding carboxylic acids is 1. The van der Waals surface area contributed by atoms with Gasteiger partial charge in [-0.05, 0) is 6.92 Å². The molecule has 1 N–H and O–H groups in total. The average Bonchev–Trinajstić information content (AvgIpc) is 2.52. The van der Waals surface area contributed by atoms with Crippen LogP contribution in [0.15, 0.2) is 11.6 Å². The molecule has 1 amide bonds. The van der Waals surface area contributed by atoms with Crippen LogP contribution in [0.25, 0.3) is 0 Å². The van der Waals surface area contributed by atoms with Crippen LogP contribution in [-0.2, 0) is 9.53 Å². The molecule has 1 saturated heterocycles. The van der Waals surface area contributed by atoms with Crippen molar-refractivity contribution in [3.63, 3.8) is 0 Å². The molecule has 0 atom stereocenters. The second-order valence-corrected chi connectivity index (χ2v) is 4.24. The highest BCUT2D eigenvalue weighted by Crippen LogP contribution is 2.28. The first kappa shape index (κ1) is 8.65. The van der Waals surface area contributed by atoms with Crippen molar-refractivity contribution >= 4 is 22.4 Å². The topological polar surface area (TPSA) is 51.2 Å². The minimum Gasteiger partial charge on any atom is -0.379 e. The lowest BCUT2D eigenvalue weighted by molar-refractivity contribution is -0.151. The Bertz CT molecular complexity index is 306. The zero-order chi connectivity index (χ0) is 9.31. The first-order chi connectivity index (χ1) is 6.21. The minimum absolute atomic E-state index is 0.00583. The van der Waals surface area contributed by atoms with Gasteiger partial charge in [0.05, 0.1) is 18.6 Å². The molecule has 0 aliphatic carbocycles. The predicted octanol–water partition coefficient (Wildman–Crippen LogP) is 1.12. The van der Waals surface area contributed by atoms with Crippen molar-refractivity contribution in [2.45, 2.75) is 6.92 Å². The lowest BCUT2D eigenvalue weighted by Gasteiger charge is -2.35. The maximum absolute atomic E-state index is 11.6. The summed E-state index contributed by atoms with van der Waals surface area (Å²) in [5, 5.41) is 5.23. The van der Waals surface area contributed by atoms with Gasteiger partial charge in [-0.2, -0.15) is 0 Å². The molecule has 4 nitrogen and oxygen atoms in total. The van der Waals surface area contributed by atoms with E-state index in [1.807, 2.05) is 12.3 Å². The number of rotatable bonds is 2. The van der Waals surface area contributed by atoms with Crippen molar-refractivity contribution in [2.75, 3.05) is 18.5 Å². The molecular weight excluding hydrogens is 188 g/mol. The standard InChI is InChI=1S/C8H10N2O2S/c1-8(4-12-5-8)6(11)10-7-9-2-3-13-7/h2-3H,4-5H2,1H3,(H,9,10,11). The summed E-state index contributed by atoms with van der Waals surface area (Å²) in [6, 6.07) is 0. The van der Waals surface area contributed by atoms with Gasteiger partial charge in [-0.3, -0.25) is 4.79 Å². The fraction of sp³-hybridized carbons (Fsp3) is 0.500. The van der Waals surface area contributed by atoms with Gasteiger partial charge in [0.25, 0.3) is 0 Å². The van der Waals surface area contributed by atoms with Crippen LogP contribution < -0.4 is 5.32 Å². The van der Waals surface area contributed by atoms with E-state index in [0.29, 0.717) is 18.3 Å². The molecule has 0 radical (unpaired) electrons. The van der Waals surface area contributed by atoms with Crippen LogP contribution in [0, 0.1) is 5.41 Å². The molecule has 70 valence electrons. The van der Waals surface area contributed by atoms with Crippen molar-refractivity contribution in [3.8, 4) is 0 Å². The second-order valence-electron chi connectivity index (χ2n) is 3.34. The van der Waals surface area contributed by atoms with Crippen LogP contribution in [0.5, 0.6) is 0 Å². The normalized spacial score (nSPS) is 19.2. The van der Waals surface area contributed by atoms with E-state index in [4.69, 9.17) is 4.74 Å². The summed E-state index contributed by atoms with van der Waals surface area (Å²) >= 11 is 1.42. The highest BCUT2D eigenvalue weighted by molar-refractivity contribution is 7.13. The number of amides is 1. The summed E-state index contributed by atoms with van der Waals surface area (Å²) in [6.07, 6.45) is 1.67. The molecule has 0 unspecified atom stereocenters. The van der Waals surface area contributed by atoms with E-state index in [0.717, 1.165) is 0 Å². The van der Waals surface area contributed by atoms with Crippen LogP contribution in [-0.4, -0.2) is 24.1 Å². The number of ether oxygens (including phenoxy) is 1. The van der Waals surface area contributed by atoms with Gasteiger partial charge < -0.3 is 10.1 Å². The van der Waals surface area contributed by atoms with Gasteiger partial charge in [-0.15, -0.1) is 11.3 Å². The van der Waals surface area contributed by atoms with Crippen molar-refractivity contribution in [1.29, 1.82) is 0 Å². The Kier molecular flexibility index (Phi) is 2.05. The Morgan fingerprint density at radius 2 is 2.54 bits per heavy atom. The van der Waals surface area contributed by atoms with Crippen molar-refractivity contribution in [1.82, 2.24) is 4.98 Å². The third kappa shape index (κ3) is 1.57. The fourth-order valence-corrected chi connectivity index (χ4v) is 1.60. The smallest absolute Gasteiger partial charge is 0.236 e. The van der Waals surface area contributed by atoms with E-state index >= 15 is 0 Å². The van der Waals surface area contributed by atoms with E-state index in [9.17, 15) is 4.79 Å². The van der Waals surface area contributed by atoms with Gasteiger partial charge in [0, 0.05) is 11.6 Å². The summed E-state index contributed by atoms with van der Waals surface area (Å²) < 4.78 is 5.00. The van der Waals surface area contributed by atoms with E-state index in [1.54, 1.807) is 6.20 Å². The molecule has 1 fully saturated rings. The zero-order valence-electron chi connectivity index (χ0n) is 7.24. The van der Waals surface area contributed by atoms with Crippen LogP contribution in [0.4, 0.5) is 5.13 Å². The SMILES string of the molecule is CC1(C(=O)Nc2nccs2)COC1.